The number of hydrogen-bond acceptors (Lipinski definition) is 8. The lowest BCUT2D eigenvalue weighted by Crippen LogP contribution is -2.57. The van der Waals surface area contributed by atoms with Gasteiger partial charge in [0.25, 0.3) is 0 Å². The molecule has 0 saturated heterocycles. The Bertz CT molecular complexity index is 624. The molecule has 4 amide bonds. The molecule has 0 spiro atoms. The normalized spacial score (nSPS) is 13.5. The van der Waals surface area contributed by atoms with Gasteiger partial charge in [0.1, 0.15) is 18.6 Å². The van der Waals surface area contributed by atoms with E-state index < -0.39 is 73.3 Å². The molecule has 0 fully saturated rings. The highest BCUT2D eigenvalue weighted by Gasteiger charge is 2.29. The van der Waals surface area contributed by atoms with Crippen molar-refractivity contribution in [2.75, 3.05) is 13.2 Å². The first kappa shape index (κ1) is 24.7. The van der Waals surface area contributed by atoms with Gasteiger partial charge in [0.05, 0.1) is 19.1 Å². The molecular weight excluding hydrogens is 382 g/mol. The van der Waals surface area contributed by atoms with E-state index in [0.717, 1.165) is 0 Å². The Kier molecular flexibility index (Phi) is 10.8. The highest BCUT2D eigenvalue weighted by molar-refractivity contribution is 5.95. The van der Waals surface area contributed by atoms with E-state index in [1.165, 1.54) is 0 Å². The van der Waals surface area contributed by atoms with E-state index in [1.54, 1.807) is 0 Å². The van der Waals surface area contributed by atoms with Crippen LogP contribution in [0.5, 0.6) is 0 Å². The number of amides is 4. The van der Waals surface area contributed by atoms with Gasteiger partial charge in [0, 0.05) is 6.42 Å². The van der Waals surface area contributed by atoms with Crippen LogP contribution in [0.2, 0.25) is 0 Å². The maximum atomic E-state index is 12.2. The molecule has 3 unspecified atom stereocenters. The van der Waals surface area contributed by atoms with Gasteiger partial charge in [-0.15, -0.1) is 0 Å². The molecule has 14 heteroatoms. The van der Waals surface area contributed by atoms with Gasteiger partial charge in [-0.1, -0.05) is 0 Å². The second-order valence-corrected chi connectivity index (χ2v) is 5.63. The van der Waals surface area contributed by atoms with Crippen molar-refractivity contribution in [3.05, 3.63) is 0 Å². The van der Waals surface area contributed by atoms with Gasteiger partial charge in [-0.05, 0) is 6.42 Å². The van der Waals surface area contributed by atoms with E-state index in [1.807, 2.05) is 10.6 Å². The highest BCUT2D eigenvalue weighted by atomic mass is 16.4. The predicted molar refractivity (Wildman–Crippen MR) is 90.2 cm³/mol. The molecule has 0 heterocycles. The standard InChI is InChI=1S/C14H23N5O9/c15-6(1-2-9(16)21)12(26)18-7(3-10(22)23)14(28)19-8(5-20)13(27)17-4-11(24)25/h6-8,20H,1-5,15H2,(H2,16,21)(H,17,27)(H,18,26)(H,19,28)(H,22,23)(H,24,25). The molecule has 14 nitrogen and oxygen atoms in total. The lowest BCUT2D eigenvalue weighted by molar-refractivity contribution is -0.142. The molecule has 0 aliphatic rings. The summed E-state index contributed by atoms with van der Waals surface area (Å²) in [7, 11) is 0. The summed E-state index contributed by atoms with van der Waals surface area (Å²) in [5.74, 6) is -6.61. The molecule has 0 saturated carbocycles. The monoisotopic (exact) mass is 405 g/mol. The summed E-state index contributed by atoms with van der Waals surface area (Å²) < 4.78 is 0. The number of carboxylic acid groups (broad SMARTS) is 2. The Morgan fingerprint density at radius 2 is 1.43 bits per heavy atom. The highest BCUT2D eigenvalue weighted by Crippen LogP contribution is 1.99. The first-order valence-corrected chi connectivity index (χ1v) is 7.94. The van der Waals surface area contributed by atoms with Crippen molar-refractivity contribution >= 4 is 35.6 Å². The van der Waals surface area contributed by atoms with Crippen molar-refractivity contribution in [1.29, 1.82) is 0 Å². The van der Waals surface area contributed by atoms with Crippen molar-refractivity contribution < 1.29 is 44.1 Å². The molecule has 28 heavy (non-hydrogen) atoms. The summed E-state index contributed by atoms with van der Waals surface area (Å²) in [6.45, 7) is -1.68. The van der Waals surface area contributed by atoms with Crippen molar-refractivity contribution in [2.24, 2.45) is 11.5 Å². The number of rotatable bonds is 13. The van der Waals surface area contributed by atoms with Crippen LogP contribution in [0.1, 0.15) is 19.3 Å². The molecule has 10 N–H and O–H groups in total. The Morgan fingerprint density at radius 1 is 0.857 bits per heavy atom. The van der Waals surface area contributed by atoms with Crippen LogP contribution in [0, 0.1) is 0 Å². The number of carbonyl (C=O) groups excluding carboxylic acids is 4. The molecule has 0 aromatic heterocycles. The summed E-state index contributed by atoms with van der Waals surface area (Å²) >= 11 is 0. The third-order valence-corrected chi connectivity index (χ3v) is 3.28. The maximum Gasteiger partial charge on any atom is 0.322 e. The molecule has 0 rings (SSSR count). The number of hydrogen-bond donors (Lipinski definition) is 8. The zero-order valence-corrected chi connectivity index (χ0v) is 14.7. The molecule has 0 radical (unpaired) electrons. The van der Waals surface area contributed by atoms with Crippen LogP contribution in [-0.4, -0.2) is 82.2 Å². The van der Waals surface area contributed by atoms with Crippen molar-refractivity contribution in [3.63, 3.8) is 0 Å². The molecule has 0 aliphatic carbocycles. The second-order valence-electron chi connectivity index (χ2n) is 5.63. The zero-order valence-electron chi connectivity index (χ0n) is 14.7. The Hall–Kier alpha value is -3.26. The van der Waals surface area contributed by atoms with E-state index >= 15 is 0 Å². The first-order valence-electron chi connectivity index (χ1n) is 7.94. The van der Waals surface area contributed by atoms with Crippen LogP contribution >= 0.6 is 0 Å². The molecule has 0 aromatic rings. The third kappa shape index (κ3) is 10.0. The number of carbonyl (C=O) groups is 6. The SMILES string of the molecule is NC(=O)CCC(N)C(=O)NC(CC(=O)O)C(=O)NC(CO)C(=O)NCC(=O)O. The number of primary amides is 1. The largest absolute Gasteiger partial charge is 0.481 e. The Morgan fingerprint density at radius 3 is 1.89 bits per heavy atom. The predicted octanol–water partition coefficient (Wildman–Crippen LogP) is -4.78. The van der Waals surface area contributed by atoms with Gasteiger partial charge in [-0.2, -0.15) is 0 Å². The van der Waals surface area contributed by atoms with Crippen molar-refractivity contribution in [1.82, 2.24) is 16.0 Å². The molecular formula is C14H23N5O9. The fourth-order valence-corrected chi connectivity index (χ4v) is 1.84. The van der Waals surface area contributed by atoms with Crippen LogP contribution in [0.3, 0.4) is 0 Å². The minimum atomic E-state index is -1.65. The number of nitrogens with one attached hydrogen (secondary N) is 3. The minimum Gasteiger partial charge on any atom is -0.481 e. The van der Waals surface area contributed by atoms with Gasteiger partial charge in [-0.25, -0.2) is 0 Å². The van der Waals surface area contributed by atoms with Crippen molar-refractivity contribution in [3.8, 4) is 0 Å². The third-order valence-electron chi connectivity index (χ3n) is 3.28. The molecule has 0 aromatic carbocycles. The molecule has 3 atom stereocenters. The fraction of sp³-hybridized carbons (Fsp3) is 0.571. The smallest absolute Gasteiger partial charge is 0.322 e. The summed E-state index contributed by atoms with van der Waals surface area (Å²) in [4.78, 5) is 68.0. The number of carboxylic acids is 2. The van der Waals surface area contributed by atoms with Crippen molar-refractivity contribution in [2.45, 2.75) is 37.4 Å². The van der Waals surface area contributed by atoms with E-state index in [4.69, 9.17) is 21.7 Å². The number of aliphatic hydroxyl groups excluding tert-OH is 1. The summed E-state index contributed by atoms with van der Waals surface area (Å²) in [5.41, 5.74) is 10.5. The summed E-state index contributed by atoms with van der Waals surface area (Å²) in [6.07, 6.45) is -1.21. The minimum absolute atomic E-state index is 0.139. The van der Waals surface area contributed by atoms with Crippen LogP contribution in [-0.2, 0) is 28.8 Å². The van der Waals surface area contributed by atoms with Gasteiger partial charge >= 0.3 is 11.9 Å². The van der Waals surface area contributed by atoms with Crippen LogP contribution < -0.4 is 27.4 Å². The lowest BCUT2D eigenvalue weighted by atomic mass is 10.1. The molecule has 0 bridgehead atoms. The number of aliphatic hydroxyl groups is 1. The van der Waals surface area contributed by atoms with Gasteiger partial charge < -0.3 is 42.7 Å². The van der Waals surface area contributed by atoms with E-state index in [0.29, 0.717) is 0 Å². The van der Waals surface area contributed by atoms with E-state index in [2.05, 4.69) is 5.32 Å². The van der Waals surface area contributed by atoms with Gasteiger partial charge in [-0.3, -0.25) is 28.8 Å². The lowest BCUT2D eigenvalue weighted by Gasteiger charge is -2.22. The average Bonchev–Trinajstić information content (AvgIpc) is 2.60. The maximum absolute atomic E-state index is 12.2. The van der Waals surface area contributed by atoms with Crippen LogP contribution in [0.15, 0.2) is 0 Å². The Balaban J connectivity index is 5.01. The van der Waals surface area contributed by atoms with Crippen LogP contribution in [0.4, 0.5) is 0 Å². The van der Waals surface area contributed by atoms with Gasteiger partial charge in [0.2, 0.25) is 23.6 Å². The second kappa shape index (κ2) is 12.2. The van der Waals surface area contributed by atoms with E-state index in [9.17, 15) is 33.9 Å². The molecule has 0 aliphatic heterocycles. The van der Waals surface area contributed by atoms with Gasteiger partial charge in [0.15, 0.2) is 0 Å². The quantitative estimate of drug-likeness (QED) is 0.145. The fourth-order valence-electron chi connectivity index (χ4n) is 1.84. The Labute approximate surface area is 158 Å². The zero-order chi connectivity index (χ0) is 21.9. The number of aliphatic carboxylic acids is 2. The number of nitrogens with two attached hydrogens (primary N) is 2. The van der Waals surface area contributed by atoms with E-state index in [-0.39, 0.29) is 12.8 Å². The summed E-state index contributed by atoms with van der Waals surface area (Å²) in [6, 6.07) is -4.47. The molecule has 158 valence electrons. The topological polar surface area (TPSA) is 251 Å². The first-order chi connectivity index (χ1) is 13.0. The van der Waals surface area contributed by atoms with Crippen LogP contribution in [0.25, 0.3) is 0 Å². The summed E-state index contributed by atoms with van der Waals surface area (Å²) in [5, 5.41) is 32.6. The average molecular weight is 405 g/mol.